The van der Waals surface area contributed by atoms with Crippen LogP contribution in [-0.4, -0.2) is 27.8 Å². The zero-order chi connectivity index (χ0) is 12.3. The molecule has 0 spiro atoms. The third-order valence-corrected chi connectivity index (χ3v) is 3.06. The molecule has 16 heavy (non-hydrogen) atoms. The van der Waals surface area contributed by atoms with Gasteiger partial charge in [0.2, 0.25) is 0 Å². The van der Waals surface area contributed by atoms with Crippen LogP contribution in [-0.2, 0) is 0 Å². The van der Waals surface area contributed by atoms with E-state index in [1.165, 1.54) is 0 Å². The smallest absolute Gasteiger partial charge is 0.404 e. The van der Waals surface area contributed by atoms with Crippen molar-refractivity contribution in [2.24, 2.45) is 5.92 Å². The molecule has 2 atom stereocenters. The van der Waals surface area contributed by atoms with Crippen LogP contribution in [0.3, 0.4) is 0 Å². The monoisotopic (exact) mass is 244 g/mol. The van der Waals surface area contributed by atoms with E-state index in [1.807, 2.05) is 0 Å². The summed E-state index contributed by atoms with van der Waals surface area (Å²) in [5.41, 5.74) is -0.0185. The molecule has 0 aliphatic heterocycles. The van der Waals surface area contributed by atoms with E-state index in [2.05, 4.69) is 31.4 Å². The highest BCUT2D eigenvalue weighted by Crippen LogP contribution is 2.27. The van der Waals surface area contributed by atoms with Gasteiger partial charge in [-0.1, -0.05) is 12.2 Å². The second-order valence-electron chi connectivity index (χ2n) is 5.40. The minimum absolute atomic E-state index is 0.0185. The van der Waals surface area contributed by atoms with Gasteiger partial charge in [0.15, 0.2) is 0 Å². The fourth-order valence-electron chi connectivity index (χ4n) is 2.00. The Morgan fingerprint density at radius 1 is 1.38 bits per heavy atom. The van der Waals surface area contributed by atoms with Gasteiger partial charge in [-0.3, -0.25) is 0 Å². The first-order chi connectivity index (χ1) is 7.28. The maximum atomic E-state index is 10.5. The Hall–Kier alpha value is -0.840. The van der Waals surface area contributed by atoms with E-state index < -0.39 is 6.09 Å². The summed E-state index contributed by atoms with van der Waals surface area (Å²) in [6.07, 6.45) is 1.71. The highest BCUT2D eigenvalue weighted by atomic mass is 32.1. The first-order valence-corrected chi connectivity index (χ1v) is 6.00. The summed E-state index contributed by atoms with van der Waals surface area (Å²) in [5.74, 6) is 0.311. The van der Waals surface area contributed by atoms with E-state index in [1.54, 1.807) is 0 Å². The number of carbonyl (C=O) groups is 1. The van der Waals surface area contributed by atoms with Crippen LogP contribution in [0.5, 0.6) is 0 Å². The summed E-state index contributed by atoms with van der Waals surface area (Å²) in [5, 5.41) is 14.4. The van der Waals surface area contributed by atoms with Crippen LogP contribution in [0.25, 0.3) is 0 Å². The predicted octanol–water partition coefficient (Wildman–Crippen LogP) is 2.14. The predicted molar refractivity (Wildman–Crippen MR) is 67.8 cm³/mol. The molecule has 1 amide bonds. The number of nitrogens with one attached hydrogen (secondary N) is 2. The molecule has 1 fully saturated rings. The van der Waals surface area contributed by atoms with Crippen molar-refractivity contribution >= 4 is 23.3 Å². The van der Waals surface area contributed by atoms with Gasteiger partial charge in [0, 0.05) is 17.5 Å². The number of thiocarbonyl (C=S) groups is 1. The molecule has 4 nitrogen and oxygen atoms in total. The SMILES string of the molecule is CC(C)(C)NC(=S)[C@@H]1CCC(NC(=O)O)C1. The summed E-state index contributed by atoms with van der Waals surface area (Å²) < 4.78 is 0. The zero-order valence-corrected chi connectivity index (χ0v) is 10.9. The lowest BCUT2D eigenvalue weighted by atomic mass is 10.0. The number of amides is 1. The molecule has 0 radical (unpaired) electrons. The van der Waals surface area contributed by atoms with Crippen molar-refractivity contribution in [2.75, 3.05) is 0 Å². The van der Waals surface area contributed by atoms with Crippen molar-refractivity contribution < 1.29 is 9.90 Å². The van der Waals surface area contributed by atoms with Gasteiger partial charge in [-0.05, 0) is 40.0 Å². The standard InChI is InChI=1S/C11H20N2O2S/c1-11(2,3)13-9(16)7-4-5-8(6-7)12-10(14)15/h7-8,12H,4-6H2,1-3H3,(H,13,16)(H,14,15)/t7-,8?/m1/s1. The molecule has 0 aromatic heterocycles. The van der Waals surface area contributed by atoms with Crippen LogP contribution in [0.2, 0.25) is 0 Å². The van der Waals surface area contributed by atoms with Crippen LogP contribution < -0.4 is 10.6 Å². The highest BCUT2D eigenvalue weighted by molar-refractivity contribution is 7.80. The van der Waals surface area contributed by atoms with E-state index in [9.17, 15) is 4.79 Å². The van der Waals surface area contributed by atoms with Crippen molar-refractivity contribution in [1.29, 1.82) is 0 Å². The minimum atomic E-state index is -0.944. The van der Waals surface area contributed by atoms with E-state index in [0.717, 1.165) is 24.3 Å². The third kappa shape index (κ3) is 4.35. The maximum Gasteiger partial charge on any atom is 0.404 e. The average molecular weight is 244 g/mol. The number of carboxylic acid groups (broad SMARTS) is 1. The molecule has 1 aliphatic carbocycles. The molecule has 1 rings (SSSR count). The molecular weight excluding hydrogens is 224 g/mol. The average Bonchev–Trinajstić information content (AvgIpc) is 2.48. The van der Waals surface area contributed by atoms with E-state index in [0.29, 0.717) is 5.92 Å². The Labute approximate surface area is 102 Å². The van der Waals surface area contributed by atoms with Gasteiger partial charge in [0.25, 0.3) is 0 Å². The first kappa shape index (κ1) is 13.2. The van der Waals surface area contributed by atoms with Gasteiger partial charge in [0.1, 0.15) is 0 Å². The fraction of sp³-hybridized carbons (Fsp3) is 0.818. The summed E-state index contributed by atoms with van der Waals surface area (Å²) in [4.78, 5) is 11.4. The third-order valence-electron chi connectivity index (χ3n) is 2.63. The van der Waals surface area contributed by atoms with Crippen LogP contribution >= 0.6 is 12.2 Å². The molecule has 0 saturated heterocycles. The van der Waals surface area contributed by atoms with Crippen LogP contribution in [0.15, 0.2) is 0 Å². The number of rotatable bonds is 2. The summed E-state index contributed by atoms with van der Waals surface area (Å²) in [6.45, 7) is 6.21. The highest BCUT2D eigenvalue weighted by Gasteiger charge is 2.29. The van der Waals surface area contributed by atoms with Gasteiger partial charge in [-0.25, -0.2) is 4.79 Å². The van der Waals surface area contributed by atoms with Crippen LogP contribution in [0, 0.1) is 5.92 Å². The molecule has 5 heteroatoms. The van der Waals surface area contributed by atoms with Gasteiger partial charge >= 0.3 is 6.09 Å². The molecule has 1 aliphatic rings. The van der Waals surface area contributed by atoms with Crippen molar-refractivity contribution in [2.45, 2.75) is 51.6 Å². The first-order valence-electron chi connectivity index (χ1n) is 5.59. The van der Waals surface area contributed by atoms with Crippen molar-refractivity contribution in [3.8, 4) is 0 Å². The summed E-state index contributed by atoms with van der Waals surface area (Å²) >= 11 is 5.34. The van der Waals surface area contributed by atoms with Gasteiger partial charge in [-0.15, -0.1) is 0 Å². The van der Waals surface area contributed by atoms with E-state index >= 15 is 0 Å². The second-order valence-corrected chi connectivity index (χ2v) is 5.84. The Bertz CT molecular complexity index is 286. The van der Waals surface area contributed by atoms with Crippen molar-refractivity contribution in [3.05, 3.63) is 0 Å². The second kappa shape index (κ2) is 4.99. The minimum Gasteiger partial charge on any atom is -0.465 e. The molecule has 3 N–H and O–H groups in total. The Balaban J connectivity index is 2.41. The lowest BCUT2D eigenvalue weighted by Crippen LogP contribution is -2.42. The molecule has 0 aromatic carbocycles. The summed E-state index contributed by atoms with van der Waals surface area (Å²) in [7, 11) is 0. The molecule has 1 saturated carbocycles. The van der Waals surface area contributed by atoms with Crippen molar-refractivity contribution in [3.63, 3.8) is 0 Å². The molecular formula is C11H20N2O2S. The maximum absolute atomic E-state index is 10.5. The molecule has 0 heterocycles. The number of hydrogen-bond acceptors (Lipinski definition) is 2. The van der Waals surface area contributed by atoms with Crippen LogP contribution in [0.1, 0.15) is 40.0 Å². The topological polar surface area (TPSA) is 61.4 Å². The number of hydrogen-bond donors (Lipinski definition) is 3. The molecule has 0 aromatic rings. The molecule has 1 unspecified atom stereocenters. The summed E-state index contributed by atoms with van der Waals surface area (Å²) in [6, 6.07) is 0.0576. The Kier molecular flexibility index (Phi) is 4.13. The van der Waals surface area contributed by atoms with E-state index in [-0.39, 0.29) is 11.6 Å². The Morgan fingerprint density at radius 2 is 2.00 bits per heavy atom. The van der Waals surface area contributed by atoms with Crippen LogP contribution in [0.4, 0.5) is 4.79 Å². The molecule has 92 valence electrons. The van der Waals surface area contributed by atoms with Crippen molar-refractivity contribution in [1.82, 2.24) is 10.6 Å². The normalized spacial score (nSPS) is 25.2. The van der Waals surface area contributed by atoms with E-state index in [4.69, 9.17) is 17.3 Å². The van der Waals surface area contributed by atoms with Gasteiger partial charge in [0.05, 0.1) is 4.99 Å². The lowest BCUT2D eigenvalue weighted by Gasteiger charge is -2.25. The lowest BCUT2D eigenvalue weighted by molar-refractivity contribution is 0.190. The fourth-order valence-corrected chi connectivity index (χ4v) is 2.52. The largest absolute Gasteiger partial charge is 0.465 e. The van der Waals surface area contributed by atoms with Gasteiger partial charge in [-0.2, -0.15) is 0 Å². The zero-order valence-electron chi connectivity index (χ0n) is 10.0. The quantitative estimate of drug-likeness (QED) is 0.651. The van der Waals surface area contributed by atoms with Gasteiger partial charge < -0.3 is 15.7 Å². The Morgan fingerprint density at radius 3 is 2.50 bits per heavy atom. The molecule has 0 bridgehead atoms.